The largest absolute Gasteiger partial charge is 0.384 e. The van der Waals surface area contributed by atoms with E-state index < -0.39 is 0 Å². The second-order valence-corrected chi connectivity index (χ2v) is 3.89. The van der Waals surface area contributed by atoms with Crippen LogP contribution >= 0.6 is 0 Å². The average molecular weight is 245 g/mol. The Morgan fingerprint density at radius 2 is 2.11 bits per heavy atom. The van der Waals surface area contributed by atoms with E-state index in [1.165, 1.54) is 24.4 Å². The van der Waals surface area contributed by atoms with Gasteiger partial charge in [-0.05, 0) is 42.8 Å². The van der Waals surface area contributed by atoms with Crippen molar-refractivity contribution in [3.63, 3.8) is 0 Å². The fourth-order valence-electron chi connectivity index (χ4n) is 1.52. The number of carbonyl (C=O) groups is 1. The van der Waals surface area contributed by atoms with Gasteiger partial charge in [0.25, 0.3) is 5.91 Å². The maximum atomic E-state index is 13.1. The Morgan fingerprint density at radius 1 is 1.33 bits per heavy atom. The highest BCUT2D eigenvalue weighted by Gasteiger charge is 2.07. The van der Waals surface area contributed by atoms with Crippen LogP contribution in [0, 0.1) is 12.7 Å². The first-order valence-electron chi connectivity index (χ1n) is 5.35. The quantitative estimate of drug-likeness (QED) is 0.853. The summed E-state index contributed by atoms with van der Waals surface area (Å²) in [6, 6.07) is 7.42. The van der Waals surface area contributed by atoms with Crippen molar-refractivity contribution in [1.29, 1.82) is 0 Å². The number of nitrogens with zero attached hydrogens (tertiary/aromatic N) is 1. The van der Waals surface area contributed by atoms with Gasteiger partial charge in [0.15, 0.2) is 0 Å². The molecule has 4 nitrogen and oxygen atoms in total. The van der Waals surface area contributed by atoms with Gasteiger partial charge in [0.2, 0.25) is 0 Å². The summed E-state index contributed by atoms with van der Waals surface area (Å²) in [5.41, 5.74) is 6.91. The Balaban J connectivity index is 2.18. The van der Waals surface area contributed by atoms with Crippen molar-refractivity contribution in [2.75, 3.05) is 11.1 Å². The molecular formula is C13H12FN3O. The molecule has 0 saturated carbocycles. The van der Waals surface area contributed by atoms with Crippen molar-refractivity contribution in [3.8, 4) is 0 Å². The van der Waals surface area contributed by atoms with Gasteiger partial charge in [-0.2, -0.15) is 0 Å². The molecule has 92 valence electrons. The van der Waals surface area contributed by atoms with Crippen molar-refractivity contribution in [2.24, 2.45) is 0 Å². The number of halogens is 1. The molecule has 0 atom stereocenters. The van der Waals surface area contributed by atoms with Crippen LogP contribution in [0.15, 0.2) is 36.5 Å². The third-order valence-electron chi connectivity index (χ3n) is 2.46. The molecular weight excluding hydrogens is 233 g/mol. The van der Waals surface area contributed by atoms with E-state index in [-0.39, 0.29) is 17.5 Å². The van der Waals surface area contributed by atoms with Crippen LogP contribution in [0.25, 0.3) is 0 Å². The lowest BCUT2D eigenvalue weighted by atomic mass is 10.2. The van der Waals surface area contributed by atoms with Gasteiger partial charge in [0, 0.05) is 17.4 Å². The van der Waals surface area contributed by atoms with Crippen molar-refractivity contribution in [1.82, 2.24) is 4.98 Å². The minimum Gasteiger partial charge on any atom is -0.384 e. The molecule has 1 aromatic heterocycles. The second-order valence-electron chi connectivity index (χ2n) is 3.89. The summed E-state index contributed by atoms with van der Waals surface area (Å²) >= 11 is 0. The van der Waals surface area contributed by atoms with E-state index >= 15 is 0 Å². The lowest BCUT2D eigenvalue weighted by Crippen LogP contribution is -2.12. The zero-order valence-electron chi connectivity index (χ0n) is 9.77. The first kappa shape index (κ1) is 12.0. The third kappa shape index (κ3) is 2.63. The number of carbonyl (C=O) groups excluding carboxylic acids is 1. The number of anilines is 2. The van der Waals surface area contributed by atoms with Gasteiger partial charge in [0.05, 0.1) is 0 Å². The number of nitrogen functional groups attached to an aromatic ring is 1. The Hall–Kier alpha value is -2.43. The molecule has 2 rings (SSSR count). The molecule has 0 aliphatic heterocycles. The van der Waals surface area contributed by atoms with E-state index in [9.17, 15) is 9.18 Å². The number of benzene rings is 1. The smallest absolute Gasteiger partial charge is 0.255 e. The summed E-state index contributed by atoms with van der Waals surface area (Å²) in [6.07, 6.45) is 1.46. The summed E-state index contributed by atoms with van der Waals surface area (Å²) < 4.78 is 13.1. The van der Waals surface area contributed by atoms with Crippen LogP contribution in [-0.4, -0.2) is 10.9 Å². The number of rotatable bonds is 2. The Labute approximate surface area is 104 Å². The third-order valence-corrected chi connectivity index (χ3v) is 2.46. The average Bonchev–Trinajstić information content (AvgIpc) is 2.34. The fraction of sp³-hybridized carbons (Fsp3) is 0.0769. The van der Waals surface area contributed by atoms with E-state index in [1.54, 1.807) is 19.1 Å². The van der Waals surface area contributed by atoms with Crippen LogP contribution in [0.1, 0.15) is 15.9 Å². The predicted molar refractivity (Wildman–Crippen MR) is 67.7 cm³/mol. The molecule has 0 aliphatic rings. The fourth-order valence-corrected chi connectivity index (χ4v) is 1.52. The van der Waals surface area contributed by atoms with Gasteiger partial charge in [-0.3, -0.25) is 4.79 Å². The van der Waals surface area contributed by atoms with E-state index in [0.29, 0.717) is 16.8 Å². The molecule has 0 spiro atoms. The summed E-state index contributed by atoms with van der Waals surface area (Å²) in [5, 5.41) is 2.66. The van der Waals surface area contributed by atoms with Crippen LogP contribution < -0.4 is 11.1 Å². The summed E-state index contributed by atoms with van der Waals surface area (Å²) in [5.74, 6) is -0.339. The van der Waals surface area contributed by atoms with Crippen molar-refractivity contribution < 1.29 is 9.18 Å². The molecule has 0 fully saturated rings. The first-order valence-corrected chi connectivity index (χ1v) is 5.35. The zero-order chi connectivity index (χ0) is 13.1. The van der Waals surface area contributed by atoms with Crippen LogP contribution in [0.5, 0.6) is 0 Å². The first-order chi connectivity index (χ1) is 8.56. The van der Waals surface area contributed by atoms with E-state index in [1.807, 2.05) is 0 Å². The minimum atomic E-state index is -0.310. The maximum absolute atomic E-state index is 13.1. The van der Waals surface area contributed by atoms with Gasteiger partial charge >= 0.3 is 0 Å². The molecule has 0 aliphatic carbocycles. The monoisotopic (exact) mass is 245 g/mol. The lowest BCUT2D eigenvalue weighted by molar-refractivity contribution is 0.102. The second kappa shape index (κ2) is 4.83. The Kier molecular flexibility index (Phi) is 3.23. The van der Waals surface area contributed by atoms with Gasteiger partial charge in [0.1, 0.15) is 11.6 Å². The molecule has 0 radical (unpaired) electrons. The van der Waals surface area contributed by atoms with Gasteiger partial charge in [-0.1, -0.05) is 0 Å². The van der Waals surface area contributed by atoms with Crippen molar-refractivity contribution in [2.45, 2.75) is 6.92 Å². The molecule has 0 saturated heterocycles. The van der Waals surface area contributed by atoms with Crippen LogP contribution in [0.3, 0.4) is 0 Å². The van der Waals surface area contributed by atoms with Crippen LogP contribution in [0.4, 0.5) is 15.9 Å². The molecule has 5 heteroatoms. The highest BCUT2D eigenvalue weighted by Crippen LogP contribution is 2.15. The maximum Gasteiger partial charge on any atom is 0.255 e. The summed E-state index contributed by atoms with van der Waals surface area (Å²) in [4.78, 5) is 15.7. The molecule has 0 bridgehead atoms. The topological polar surface area (TPSA) is 68.0 Å². The standard InChI is InChI=1S/C13H12FN3O/c1-8-6-10(2-3-11(8)14)17-13(18)9-4-5-16-12(15)7-9/h2-7H,1H3,(H2,15,16)(H,17,18). The van der Waals surface area contributed by atoms with Crippen LogP contribution in [0.2, 0.25) is 0 Å². The Bertz CT molecular complexity index is 599. The van der Waals surface area contributed by atoms with Crippen molar-refractivity contribution >= 4 is 17.4 Å². The van der Waals surface area contributed by atoms with Crippen LogP contribution in [-0.2, 0) is 0 Å². The molecule has 1 amide bonds. The minimum absolute atomic E-state index is 0.276. The molecule has 3 N–H and O–H groups in total. The van der Waals surface area contributed by atoms with Gasteiger partial charge < -0.3 is 11.1 Å². The number of aromatic nitrogens is 1. The predicted octanol–water partition coefficient (Wildman–Crippen LogP) is 2.36. The zero-order valence-corrected chi connectivity index (χ0v) is 9.77. The van der Waals surface area contributed by atoms with E-state index in [0.717, 1.165) is 0 Å². The van der Waals surface area contributed by atoms with Gasteiger partial charge in [-0.25, -0.2) is 9.37 Å². The number of nitrogens with one attached hydrogen (secondary N) is 1. The molecule has 1 heterocycles. The lowest BCUT2D eigenvalue weighted by Gasteiger charge is -2.06. The number of pyridine rings is 1. The number of aryl methyl sites for hydroxylation is 1. The molecule has 2 aromatic rings. The number of nitrogens with two attached hydrogens (primary N) is 1. The number of amides is 1. The van der Waals surface area contributed by atoms with E-state index in [4.69, 9.17) is 5.73 Å². The van der Waals surface area contributed by atoms with Crippen molar-refractivity contribution in [3.05, 3.63) is 53.5 Å². The van der Waals surface area contributed by atoms with Gasteiger partial charge in [-0.15, -0.1) is 0 Å². The highest BCUT2D eigenvalue weighted by molar-refractivity contribution is 6.04. The Morgan fingerprint density at radius 3 is 2.78 bits per heavy atom. The number of hydrogen-bond acceptors (Lipinski definition) is 3. The summed E-state index contributed by atoms with van der Waals surface area (Å²) in [7, 11) is 0. The normalized spacial score (nSPS) is 10.1. The highest BCUT2D eigenvalue weighted by atomic mass is 19.1. The SMILES string of the molecule is Cc1cc(NC(=O)c2ccnc(N)c2)ccc1F. The molecule has 0 unspecified atom stereocenters. The molecule has 1 aromatic carbocycles. The summed E-state index contributed by atoms with van der Waals surface area (Å²) in [6.45, 7) is 1.63. The van der Waals surface area contributed by atoms with E-state index in [2.05, 4.69) is 10.3 Å². The number of hydrogen-bond donors (Lipinski definition) is 2. The molecule has 18 heavy (non-hydrogen) atoms.